The smallest absolute Gasteiger partial charge is 0.407 e. The van der Waals surface area contributed by atoms with Crippen LogP contribution < -0.4 is 5.32 Å². The van der Waals surface area contributed by atoms with Crippen LogP contribution in [0.2, 0.25) is 0 Å². The van der Waals surface area contributed by atoms with Gasteiger partial charge >= 0.3 is 6.09 Å². The van der Waals surface area contributed by atoms with Gasteiger partial charge in [0.15, 0.2) is 11.2 Å². The van der Waals surface area contributed by atoms with Gasteiger partial charge in [0.25, 0.3) is 0 Å². The summed E-state index contributed by atoms with van der Waals surface area (Å²) in [4.78, 5) is 21.5. The molecule has 2 aromatic heterocycles. The Morgan fingerprint density at radius 3 is 2.86 bits per heavy atom. The predicted molar refractivity (Wildman–Crippen MR) is 107 cm³/mol. The maximum atomic E-state index is 11.0. The molecule has 0 radical (unpaired) electrons. The molecule has 9 nitrogen and oxygen atoms in total. The number of benzene rings is 1. The fourth-order valence-corrected chi connectivity index (χ4v) is 4.24. The van der Waals surface area contributed by atoms with E-state index in [1.807, 2.05) is 0 Å². The summed E-state index contributed by atoms with van der Waals surface area (Å²) in [6.45, 7) is 1.88. The molecular weight excluding hydrogens is 370 g/mol. The highest BCUT2D eigenvalue weighted by molar-refractivity contribution is 5.72. The number of nitrogens with one attached hydrogen (secondary N) is 1. The van der Waals surface area contributed by atoms with Crippen LogP contribution in [0.3, 0.4) is 0 Å². The van der Waals surface area contributed by atoms with Crippen molar-refractivity contribution in [3.05, 3.63) is 35.5 Å². The number of hydrogen-bond donors (Lipinski definition) is 2. The van der Waals surface area contributed by atoms with Crippen LogP contribution in [0.25, 0.3) is 16.9 Å². The van der Waals surface area contributed by atoms with Gasteiger partial charge in [-0.2, -0.15) is 9.67 Å². The molecule has 5 rings (SSSR count). The standard InChI is InChI=1S/C20H23N7O2/c28-20(29)26-8-6-13(7-9-26)11-21-19-22-12-17-18(23-19)27(25-24-17)16-5-4-14-2-1-3-15(14)10-16/h4-5,10,12-13H,1-3,6-9,11H2,(H,28,29)(H,21,22,23). The summed E-state index contributed by atoms with van der Waals surface area (Å²) in [5.74, 6) is 0.951. The van der Waals surface area contributed by atoms with E-state index in [0.29, 0.717) is 36.1 Å². The average molecular weight is 393 g/mol. The molecule has 0 atom stereocenters. The third-order valence-electron chi connectivity index (χ3n) is 5.95. The lowest BCUT2D eigenvalue weighted by atomic mass is 9.97. The Hall–Kier alpha value is -3.23. The second-order valence-corrected chi connectivity index (χ2v) is 7.80. The highest BCUT2D eigenvalue weighted by atomic mass is 16.4. The zero-order valence-corrected chi connectivity index (χ0v) is 16.1. The lowest BCUT2D eigenvalue weighted by molar-refractivity contribution is 0.126. The van der Waals surface area contributed by atoms with Crippen LogP contribution in [-0.4, -0.2) is 60.7 Å². The normalized spacial score (nSPS) is 16.9. The van der Waals surface area contributed by atoms with Crippen molar-refractivity contribution in [2.45, 2.75) is 32.1 Å². The van der Waals surface area contributed by atoms with Gasteiger partial charge in [0, 0.05) is 19.6 Å². The summed E-state index contributed by atoms with van der Waals surface area (Å²) in [7, 11) is 0. The van der Waals surface area contributed by atoms with Gasteiger partial charge in [-0.3, -0.25) is 0 Å². The summed E-state index contributed by atoms with van der Waals surface area (Å²) in [5.41, 5.74) is 5.11. The van der Waals surface area contributed by atoms with Crippen LogP contribution >= 0.6 is 0 Å². The molecule has 150 valence electrons. The highest BCUT2D eigenvalue weighted by Crippen LogP contribution is 2.25. The number of nitrogens with zero attached hydrogens (tertiary/aromatic N) is 6. The van der Waals surface area contributed by atoms with E-state index in [1.165, 1.54) is 22.4 Å². The topological polar surface area (TPSA) is 109 Å². The van der Waals surface area contributed by atoms with Gasteiger partial charge in [0.05, 0.1) is 11.9 Å². The molecule has 0 unspecified atom stereocenters. The Morgan fingerprint density at radius 2 is 2.03 bits per heavy atom. The highest BCUT2D eigenvalue weighted by Gasteiger charge is 2.22. The lowest BCUT2D eigenvalue weighted by Crippen LogP contribution is -2.39. The van der Waals surface area contributed by atoms with Crippen LogP contribution in [0.1, 0.15) is 30.4 Å². The molecule has 1 aromatic carbocycles. The zero-order valence-electron chi connectivity index (χ0n) is 16.1. The van der Waals surface area contributed by atoms with Crippen molar-refractivity contribution >= 4 is 23.2 Å². The number of carboxylic acid groups (broad SMARTS) is 1. The number of likely N-dealkylation sites (tertiary alicyclic amines) is 1. The Balaban J connectivity index is 1.32. The number of piperidine rings is 1. The van der Waals surface area contributed by atoms with E-state index in [2.05, 4.69) is 43.8 Å². The van der Waals surface area contributed by atoms with Crippen LogP contribution in [0.5, 0.6) is 0 Å². The number of anilines is 1. The SMILES string of the molecule is O=C(O)N1CCC(CNc2ncc3nnn(-c4ccc5c(c4)CCC5)c3n2)CC1. The molecule has 2 N–H and O–H groups in total. The fourth-order valence-electron chi connectivity index (χ4n) is 4.24. The Morgan fingerprint density at radius 1 is 1.21 bits per heavy atom. The molecule has 1 saturated heterocycles. The molecule has 0 spiro atoms. The van der Waals surface area contributed by atoms with E-state index in [4.69, 9.17) is 5.11 Å². The molecule has 29 heavy (non-hydrogen) atoms. The Kier molecular flexibility index (Phi) is 4.49. The third-order valence-corrected chi connectivity index (χ3v) is 5.95. The number of amides is 1. The second-order valence-electron chi connectivity index (χ2n) is 7.80. The van der Waals surface area contributed by atoms with E-state index in [9.17, 15) is 4.79 Å². The van der Waals surface area contributed by atoms with Crippen molar-refractivity contribution in [3.8, 4) is 5.69 Å². The van der Waals surface area contributed by atoms with Gasteiger partial charge in [-0.15, -0.1) is 5.10 Å². The van der Waals surface area contributed by atoms with E-state index in [1.54, 1.807) is 10.9 Å². The summed E-state index contributed by atoms with van der Waals surface area (Å²) in [5, 5.41) is 20.8. The van der Waals surface area contributed by atoms with Gasteiger partial charge in [0.2, 0.25) is 5.95 Å². The van der Waals surface area contributed by atoms with Gasteiger partial charge in [-0.25, -0.2) is 9.78 Å². The molecule has 1 amide bonds. The van der Waals surface area contributed by atoms with Crippen molar-refractivity contribution < 1.29 is 9.90 Å². The number of carbonyl (C=O) groups is 1. The number of rotatable bonds is 4. The lowest BCUT2D eigenvalue weighted by Gasteiger charge is -2.29. The first-order valence-electron chi connectivity index (χ1n) is 10.1. The van der Waals surface area contributed by atoms with Crippen molar-refractivity contribution in [2.75, 3.05) is 25.0 Å². The van der Waals surface area contributed by atoms with E-state index >= 15 is 0 Å². The second kappa shape index (κ2) is 7.31. The first kappa shape index (κ1) is 17.8. The predicted octanol–water partition coefficient (Wildman–Crippen LogP) is 2.50. The van der Waals surface area contributed by atoms with Crippen molar-refractivity contribution in [1.29, 1.82) is 0 Å². The molecule has 1 aliphatic heterocycles. The molecule has 1 fully saturated rings. The average Bonchev–Trinajstić information content (AvgIpc) is 3.38. The maximum absolute atomic E-state index is 11.0. The largest absolute Gasteiger partial charge is 0.465 e. The molecule has 3 heterocycles. The number of aryl methyl sites for hydroxylation is 2. The van der Waals surface area contributed by atoms with Gasteiger partial charge < -0.3 is 15.3 Å². The molecule has 2 aliphatic rings. The Labute approximate surface area is 167 Å². The number of aromatic nitrogens is 5. The van der Waals surface area contributed by atoms with Gasteiger partial charge in [0.1, 0.15) is 0 Å². The van der Waals surface area contributed by atoms with Gasteiger partial charge in [-0.05, 0) is 61.3 Å². The molecule has 1 aliphatic carbocycles. The van der Waals surface area contributed by atoms with Crippen LogP contribution in [0, 0.1) is 5.92 Å². The quantitative estimate of drug-likeness (QED) is 0.701. The first-order valence-corrected chi connectivity index (χ1v) is 10.1. The van der Waals surface area contributed by atoms with E-state index in [-0.39, 0.29) is 0 Å². The maximum Gasteiger partial charge on any atom is 0.407 e. The molecule has 0 bridgehead atoms. The number of hydrogen-bond acceptors (Lipinski definition) is 6. The fraction of sp³-hybridized carbons (Fsp3) is 0.450. The minimum absolute atomic E-state index is 0.407. The molecule has 3 aromatic rings. The summed E-state index contributed by atoms with van der Waals surface area (Å²) >= 11 is 0. The molecular formula is C20H23N7O2. The van der Waals surface area contributed by atoms with Crippen LogP contribution in [0.4, 0.5) is 10.7 Å². The van der Waals surface area contributed by atoms with Crippen molar-refractivity contribution in [2.24, 2.45) is 5.92 Å². The van der Waals surface area contributed by atoms with Gasteiger partial charge in [-0.1, -0.05) is 11.3 Å². The minimum atomic E-state index is -0.836. The Bertz CT molecular complexity index is 1060. The van der Waals surface area contributed by atoms with Crippen molar-refractivity contribution in [3.63, 3.8) is 0 Å². The summed E-state index contributed by atoms with van der Waals surface area (Å²) in [6.07, 6.45) is 6.00. The van der Waals surface area contributed by atoms with Crippen LogP contribution in [0.15, 0.2) is 24.4 Å². The third kappa shape index (κ3) is 3.48. The zero-order chi connectivity index (χ0) is 19.8. The van der Waals surface area contributed by atoms with Crippen LogP contribution in [-0.2, 0) is 12.8 Å². The minimum Gasteiger partial charge on any atom is -0.465 e. The molecule has 0 saturated carbocycles. The monoisotopic (exact) mass is 393 g/mol. The van der Waals surface area contributed by atoms with E-state index in [0.717, 1.165) is 37.9 Å². The molecule has 9 heteroatoms. The summed E-state index contributed by atoms with van der Waals surface area (Å²) in [6, 6.07) is 6.43. The summed E-state index contributed by atoms with van der Waals surface area (Å²) < 4.78 is 1.77. The van der Waals surface area contributed by atoms with Crippen molar-refractivity contribution in [1.82, 2.24) is 29.9 Å². The van der Waals surface area contributed by atoms with E-state index < -0.39 is 6.09 Å². The first-order chi connectivity index (χ1) is 14.2. The number of fused-ring (bicyclic) bond motifs is 2.